The molecule has 0 fully saturated rings. The van der Waals surface area contributed by atoms with Gasteiger partial charge in [0, 0.05) is 19.6 Å². The predicted molar refractivity (Wildman–Crippen MR) is 119 cm³/mol. The quantitative estimate of drug-likeness (QED) is 0.402. The van der Waals surface area contributed by atoms with E-state index in [0.717, 1.165) is 32.1 Å². The maximum Gasteiger partial charge on any atom is 0.227 e. The van der Waals surface area contributed by atoms with Crippen LogP contribution in [0.2, 0.25) is 0 Å². The Bertz CT molecular complexity index is 596. The molecule has 0 saturated heterocycles. The van der Waals surface area contributed by atoms with E-state index in [4.69, 9.17) is 0 Å². The van der Waals surface area contributed by atoms with Crippen LogP contribution in [0.5, 0.6) is 0 Å². The topological polar surface area (TPSA) is 68.8 Å². The summed E-state index contributed by atoms with van der Waals surface area (Å²) in [6.07, 6.45) is 0. The first-order chi connectivity index (χ1) is 13.4. The molecule has 0 saturated carbocycles. The maximum atomic E-state index is 12.2. The first-order valence-corrected chi connectivity index (χ1v) is 10.5. The van der Waals surface area contributed by atoms with Crippen LogP contribution in [0.15, 0.2) is 35.3 Å². The number of carbonyl (C=O) groups is 1. The second-order valence-electron chi connectivity index (χ2n) is 7.47. The molecular formula is C22H39N5O. The summed E-state index contributed by atoms with van der Waals surface area (Å²) < 4.78 is 0. The molecule has 0 aliphatic heterocycles. The fraction of sp³-hybridized carbons (Fsp3) is 0.636. The Morgan fingerprint density at radius 3 is 2.14 bits per heavy atom. The van der Waals surface area contributed by atoms with Crippen LogP contribution in [0, 0.1) is 5.41 Å². The molecule has 0 aliphatic carbocycles. The molecule has 1 atom stereocenters. The Morgan fingerprint density at radius 1 is 1.00 bits per heavy atom. The second kappa shape index (κ2) is 12.4. The lowest BCUT2D eigenvalue weighted by molar-refractivity contribution is -0.128. The van der Waals surface area contributed by atoms with Gasteiger partial charge in [-0.2, -0.15) is 0 Å². The van der Waals surface area contributed by atoms with Crippen LogP contribution < -0.4 is 16.0 Å². The summed E-state index contributed by atoms with van der Waals surface area (Å²) in [5.41, 5.74) is 0.744. The van der Waals surface area contributed by atoms with Gasteiger partial charge in [-0.25, -0.2) is 0 Å². The van der Waals surface area contributed by atoms with Crippen molar-refractivity contribution in [2.45, 2.75) is 47.6 Å². The number of benzene rings is 1. The minimum absolute atomic E-state index is 0.0277. The largest absolute Gasteiger partial charge is 0.357 e. The highest BCUT2D eigenvalue weighted by Gasteiger charge is 2.27. The Kier molecular flexibility index (Phi) is 10.6. The Labute approximate surface area is 171 Å². The van der Waals surface area contributed by atoms with Gasteiger partial charge in [-0.3, -0.25) is 14.7 Å². The van der Waals surface area contributed by atoms with Gasteiger partial charge in [0.2, 0.25) is 5.91 Å². The summed E-state index contributed by atoms with van der Waals surface area (Å²) in [6.45, 7) is 16.7. The van der Waals surface area contributed by atoms with Crippen LogP contribution in [0.3, 0.4) is 0 Å². The molecule has 0 bridgehead atoms. The highest BCUT2D eigenvalue weighted by molar-refractivity contribution is 5.83. The molecule has 28 heavy (non-hydrogen) atoms. The van der Waals surface area contributed by atoms with E-state index in [9.17, 15) is 4.79 Å². The fourth-order valence-corrected chi connectivity index (χ4v) is 3.08. The molecule has 1 unspecified atom stereocenters. The maximum absolute atomic E-state index is 12.2. The number of guanidine groups is 1. The van der Waals surface area contributed by atoms with Gasteiger partial charge in [-0.15, -0.1) is 0 Å². The van der Waals surface area contributed by atoms with Crippen LogP contribution >= 0.6 is 0 Å². The fourth-order valence-electron chi connectivity index (χ4n) is 3.08. The third-order valence-corrected chi connectivity index (χ3v) is 4.83. The molecule has 1 amide bonds. The van der Waals surface area contributed by atoms with Crippen LogP contribution in [-0.2, 0) is 4.79 Å². The van der Waals surface area contributed by atoms with Gasteiger partial charge in [-0.05, 0) is 46.3 Å². The van der Waals surface area contributed by atoms with E-state index in [2.05, 4.69) is 64.0 Å². The van der Waals surface area contributed by atoms with Crippen molar-refractivity contribution < 1.29 is 4.79 Å². The molecule has 1 aromatic carbocycles. The van der Waals surface area contributed by atoms with Crippen LogP contribution in [0.25, 0.3) is 0 Å². The highest BCUT2D eigenvalue weighted by Crippen LogP contribution is 2.19. The first kappa shape index (κ1) is 24.0. The van der Waals surface area contributed by atoms with Crippen molar-refractivity contribution in [1.29, 1.82) is 0 Å². The lowest BCUT2D eigenvalue weighted by atomic mass is 9.92. The van der Waals surface area contributed by atoms with Crippen LogP contribution in [-0.4, -0.2) is 56.0 Å². The van der Waals surface area contributed by atoms with Gasteiger partial charge in [-0.1, -0.05) is 44.2 Å². The molecule has 3 N–H and O–H groups in total. The molecular weight excluding hydrogens is 350 g/mol. The predicted octanol–water partition coefficient (Wildman–Crippen LogP) is 2.79. The molecule has 0 heterocycles. The van der Waals surface area contributed by atoms with E-state index in [0.29, 0.717) is 13.1 Å². The van der Waals surface area contributed by atoms with Gasteiger partial charge in [0.15, 0.2) is 5.96 Å². The number of hydrogen-bond acceptors (Lipinski definition) is 3. The van der Waals surface area contributed by atoms with Crippen LogP contribution in [0.1, 0.15) is 53.1 Å². The average molecular weight is 390 g/mol. The van der Waals surface area contributed by atoms with E-state index in [-0.39, 0.29) is 11.9 Å². The molecule has 0 spiro atoms. The molecule has 0 aliphatic rings. The summed E-state index contributed by atoms with van der Waals surface area (Å²) in [7, 11) is 0. The van der Waals surface area contributed by atoms with Crippen molar-refractivity contribution in [3.63, 3.8) is 0 Å². The summed E-state index contributed by atoms with van der Waals surface area (Å²) in [5, 5.41) is 9.66. The van der Waals surface area contributed by atoms with E-state index >= 15 is 0 Å². The minimum atomic E-state index is -0.546. The number of hydrogen-bond donors (Lipinski definition) is 3. The molecule has 1 aromatic rings. The monoisotopic (exact) mass is 389 g/mol. The van der Waals surface area contributed by atoms with E-state index in [1.807, 2.05) is 33.8 Å². The lowest BCUT2D eigenvalue weighted by Gasteiger charge is -2.31. The summed E-state index contributed by atoms with van der Waals surface area (Å²) in [5.74, 6) is 0.771. The number of likely N-dealkylation sites (N-methyl/N-ethyl adjacent to an activating group) is 1. The van der Waals surface area contributed by atoms with E-state index in [1.54, 1.807) is 0 Å². The smallest absolute Gasteiger partial charge is 0.227 e. The van der Waals surface area contributed by atoms with Gasteiger partial charge in [0.1, 0.15) is 0 Å². The highest BCUT2D eigenvalue weighted by atomic mass is 16.2. The second-order valence-corrected chi connectivity index (χ2v) is 7.47. The van der Waals surface area contributed by atoms with E-state index in [1.165, 1.54) is 5.56 Å². The lowest BCUT2D eigenvalue weighted by Crippen LogP contribution is -2.44. The zero-order chi connectivity index (χ0) is 21.0. The van der Waals surface area contributed by atoms with Crippen LogP contribution in [0.4, 0.5) is 0 Å². The number of carbonyl (C=O) groups excluding carboxylic acids is 1. The first-order valence-electron chi connectivity index (χ1n) is 10.5. The number of aliphatic imine (C=N–C) groups is 1. The molecule has 1 rings (SSSR count). The summed E-state index contributed by atoms with van der Waals surface area (Å²) >= 11 is 0. The number of rotatable bonds is 11. The van der Waals surface area contributed by atoms with Crippen molar-refractivity contribution in [2.75, 3.05) is 39.3 Å². The zero-order valence-corrected chi connectivity index (χ0v) is 18.5. The molecule has 6 heteroatoms. The Balaban J connectivity index is 2.89. The Morgan fingerprint density at radius 2 is 1.61 bits per heavy atom. The number of nitrogens with zero attached hydrogens (tertiary/aromatic N) is 2. The molecule has 158 valence electrons. The summed E-state index contributed by atoms with van der Waals surface area (Å²) in [4.78, 5) is 19.3. The third-order valence-electron chi connectivity index (χ3n) is 4.83. The van der Waals surface area contributed by atoms with E-state index < -0.39 is 5.41 Å². The normalized spacial score (nSPS) is 13.3. The SMILES string of the molecule is CCNC(=O)C(C)(C)CN=C(NCC)NCC(c1ccccc1)N(CC)CC. The standard InChI is InChI=1S/C22H39N5O/c1-7-23-20(28)22(5,6)17-26-21(24-8-2)25-16-19(27(9-3)10-4)18-14-12-11-13-15-18/h11-15,19H,7-10,16-17H2,1-6H3,(H,23,28)(H2,24,25,26). The van der Waals surface area contributed by atoms with Crippen molar-refractivity contribution in [1.82, 2.24) is 20.9 Å². The van der Waals surface area contributed by atoms with Crippen molar-refractivity contribution >= 4 is 11.9 Å². The zero-order valence-electron chi connectivity index (χ0n) is 18.5. The van der Waals surface area contributed by atoms with Crippen molar-refractivity contribution in [3.05, 3.63) is 35.9 Å². The number of nitrogens with one attached hydrogen (secondary N) is 3. The van der Waals surface area contributed by atoms with Gasteiger partial charge < -0.3 is 16.0 Å². The summed E-state index contributed by atoms with van der Waals surface area (Å²) in [6, 6.07) is 10.8. The average Bonchev–Trinajstić information content (AvgIpc) is 2.70. The number of amides is 1. The van der Waals surface area contributed by atoms with Crippen molar-refractivity contribution in [3.8, 4) is 0 Å². The molecule has 0 aromatic heterocycles. The molecule has 6 nitrogen and oxygen atoms in total. The third kappa shape index (κ3) is 7.50. The van der Waals surface area contributed by atoms with Gasteiger partial charge in [0.25, 0.3) is 0 Å². The van der Waals surface area contributed by atoms with Gasteiger partial charge in [0.05, 0.1) is 18.0 Å². The molecule has 0 radical (unpaired) electrons. The van der Waals surface area contributed by atoms with Crippen molar-refractivity contribution in [2.24, 2.45) is 10.4 Å². The van der Waals surface area contributed by atoms with Gasteiger partial charge >= 0.3 is 0 Å². The Hall–Kier alpha value is -2.08. The minimum Gasteiger partial charge on any atom is -0.357 e.